The van der Waals surface area contributed by atoms with Gasteiger partial charge in [-0.1, -0.05) is 31.4 Å². The molecular formula is C19H27FN2O. The molecule has 0 radical (unpaired) electrons. The summed E-state index contributed by atoms with van der Waals surface area (Å²) in [4.78, 5) is 12.3. The van der Waals surface area contributed by atoms with Gasteiger partial charge in [-0.25, -0.2) is 4.39 Å². The summed E-state index contributed by atoms with van der Waals surface area (Å²) in [5.74, 6) is -0.0697. The number of rotatable bonds is 5. The minimum atomic E-state index is -0.186. The van der Waals surface area contributed by atoms with Crippen LogP contribution in [0.1, 0.15) is 56.9 Å². The number of halogens is 1. The summed E-state index contributed by atoms with van der Waals surface area (Å²) in [6, 6.07) is 7.26. The first-order valence-corrected chi connectivity index (χ1v) is 8.94. The number of benzene rings is 1. The fourth-order valence-electron chi connectivity index (χ4n) is 4.11. The van der Waals surface area contributed by atoms with Crippen LogP contribution in [0, 0.1) is 5.82 Å². The van der Waals surface area contributed by atoms with Crippen molar-refractivity contribution in [2.24, 2.45) is 0 Å². The number of hydrogen-bond donors (Lipinski definition) is 2. The van der Waals surface area contributed by atoms with Gasteiger partial charge in [-0.2, -0.15) is 0 Å². The Morgan fingerprint density at radius 3 is 2.78 bits per heavy atom. The smallest absolute Gasteiger partial charge is 0.221 e. The van der Waals surface area contributed by atoms with Crippen LogP contribution < -0.4 is 10.6 Å². The molecule has 0 bridgehead atoms. The average molecular weight is 318 g/mol. The zero-order valence-corrected chi connectivity index (χ0v) is 13.7. The summed E-state index contributed by atoms with van der Waals surface area (Å²) in [6.45, 7) is 1.65. The number of amides is 1. The predicted molar refractivity (Wildman–Crippen MR) is 89.8 cm³/mol. The molecule has 3 rings (SSSR count). The highest BCUT2D eigenvalue weighted by Crippen LogP contribution is 2.39. The van der Waals surface area contributed by atoms with Crippen LogP contribution >= 0.6 is 0 Å². The van der Waals surface area contributed by atoms with Crippen LogP contribution in [0.15, 0.2) is 24.3 Å². The van der Waals surface area contributed by atoms with E-state index in [1.54, 1.807) is 12.1 Å². The molecule has 1 saturated heterocycles. The summed E-state index contributed by atoms with van der Waals surface area (Å²) in [6.07, 6.45) is 8.38. The number of nitrogens with one attached hydrogen (secondary N) is 2. The van der Waals surface area contributed by atoms with E-state index in [9.17, 15) is 9.18 Å². The Labute approximate surface area is 138 Å². The van der Waals surface area contributed by atoms with Crippen LogP contribution in [-0.4, -0.2) is 25.0 Å². The molecule has 2 N–H and O–H groups in total. The number of carbonyl (C=O) groups is 1. The van der Waals surface area contributed by atoms with Crippen molar-refractivity contribution < 1.29 is 9.18 Å². The van der Waals surface area contributed by atoms with Gasteiger partial charge in [-0.3, -0.25) is 4.79 Å². The zero-order valence-electron chi connectivity index (χ0n) is 13.7. The van der Waals surface area contributed by atoms with E-state index < -0.39 is 0 Å². The molecule has 1 aromatic rings. The predicted octanol–water partition coefficient (Wildman–Crippen LogP) is 3.29. The molecule has 2 aliphatic rings. The minimum Gasteiger partial charge on any atom is -0.355 e. The van der Waals surface area contributed by atoms with Gasteiger partial charge >= 0.3 is 0 Å². The molecule has 1 unspecified atom stereocenters. The SMILES string of the molecule is O=C(CC1CCCN1)NCC1(c2cccc(F)c2)CCCCC1. The van der Waals surface area contributed by atoms with Crippen LogP contribution in [0.3, 0.4) is 0 Å². The summed E-state index contributed by atoms with van der Waals surface area (Å²) in [5, 5.41) is 6.50. The lowest BCUT2D eigenvalue weighted by Crippen LogP contribution is -2.43. The van der Waals surface area contributed by atoms with Crippen molar-refractivity contribution in [2.45, 2.75) is 62.8 Å². The summed E-state index contributed by atoms with van der Waals surface area (Å²) in [5.41, 5.74) is 0.940. The van der Waals surface area contributed by atoms with Crippen LogP contribution in [0.5, 0.6) is 0 Å². The summed E-state index contributed by atoms with van der Waals surface area (Å²) >= 11 is 0. The Morgan fingerprint density at radius 2 is 2.09 bits per heavy atom. The van der Waals surface area contributed by atoms with Crippen molar-refractivity contribution in [3.8, 4) is 0 Å². The summed E-state index contributed by atoms with van der Waals surface area (Å²) < 4.78 is 13.7. The lowest BCUT2D eigenvalue weighted by atomic mass is 9.69. The molecule has 0 aromatic heterocycles. The van der Waals surface area contributed by atoms with Gasteiger partial charge in [-0.05, 0) is 49.9 Å². The quantitative estimate of drug-likeness (QED) is 0.875. The van der Waals surface area contributed by atoms with Gasteiger partial charge in [0.1, 0.15) is 5.82 Å². The van der Waals surface area contributed by atoms with Crippen molar-refractivity contribution in [1.82, 2.24) is 10.6 Å². The van der Waals surface area contributed by atoms with Crippen LogP contribution in [-0.2, 0) is 10.2 Å². The third-order valence-electron chi connectivity index (χ3n) is 5.47. The van der Waals surface area contributed by atoms with Crippen molar-refractivity contribution in [1.29, 1.82) is 0 Å². The molecule has 2 fully saturated rings. The van der Waals surface area contributed by atoms with Gasteiger partial charge in [0.15, 0.2) is 0 Å². The van der Waals surface area contributed by atoms with Gasteiger partial charge in [0.25, 0.3) is 0 Å². The van der Waals surface area contributed by atoms with Crippen molar-refractivity contribution in [3.05, 3.63) is 35.6 Å². The molecule has 1 aliphatic carbocycles. The fraction of sp³-hybridized carbons (Fsp3) is 0.632. The highest BCUT2D eigenvalue weighted by molar-refractivity contribution is 5.76. The minimum absolute atomic E-state index is 0.0981. The molecule has 3 nitrogen and oxygen atoms in total. The van der Waals surface area contributed by atoms with Gasteiger partial charge in [0.05, 0.1) is 0 Å². The van der Waals surface area contributed by atoms with E-state index >= 15 is 0 Å². The van der Waals surface area contributed by atoms with Gasteiger partial charge < -0.3 is 10.6 Å². The van der Waals surface area contributed by atoms with Crippen LogP contribution in [0.4, 0.5) is 4.39 Å². The Bertz CT molecular complexity index is 534. The lowest BCUT2D eigenvalue weighted by molar-refractivity contribution is -0.121. The molecule has 1 saturated carbocycles. The molecular weight excluding hydrogens is 291 g/mol. The monoisotopic (exact) mass is 318 g/mol. The van der Waals surface area contributed by atoms with E-state index in [1.165, 1.54) is 12.5 Å². The third kappa shape index (κ3) is 4.11. The molecule has 4 heteroatoms. The second kappa shape index (κ2) is 7.43. The molecule has 1 atom stereocenters. The molecule has 1 aliphatic heterocycles. The van der Waals surface area contributed by atoms with Gasteiger partial charge in [0.2, 0.25) is 5.91 Å². The average Bonchev–Trinajstić information content (AvgIpc) is 3.07. The zero-order chi connectivity index (χ0) is 16.1. The van der Waals surface area contributed by atoms with Crippen molar-refractivity contribution in [3.63, 3.8) is 0 Å². The van der Waals surface area contributed by atoms with Crippen LogP contribution in [0.25, 0.3) is 0 Å². The Hall–Kier alpha value is -1.42. The van der Waals surface area contributed by atoms with Gasteiger partial charge in [-0.15, -0.1) is 0 Å². The highest BCUT2D eigenvalue weighted by atomic mass is 19.1. The van der Waals surface area contributed by atoms with E-state index in [2.05, 4.69) is 10.6 Å². The van der Waals surface area contributed by atoms with E-state index in [1.807, 2.05) is 6.07 Å². The van der Waals surface area contributed by atoms with Crippen LogP contribution in [0.2, 0.25) is 0 Å². The maximum Gasteiger partial charge on any atom is 0.221 e. The Balaban J connectivity index is 1.65. The van der Waals surface area contributed by atoms with E-state index in [0.29, 0.717) is 19.0 Å². The number of hydrogen-bond acceptors (Lipinski definition) is 2. The summed E-state index contributed by atoms with van der Waals surface area (Å²) in [7, 11) is 0. The first-order chi connectivity index (χ1) is 11.2. The fourth-order valence-corrected chi connectivity index (χ4v) is 4.11. The largest absolute Gasteiger partial charge is 0.355 e. The Morgan fingerprint density at radius 1 is 1.26 bits per heavy atom. The first kappa shape index (κ1) is 16.4. The van der Waals surface area contributed by atoms with Crippen molar-refractivity contribution >= 4 is 5.91 Å². The van der Waals surface area contributed by atoms with Crippen molar-refractivity contribution in [2.75, 3.05) is 13.1 Å². The third-order valence-corrected chi connectivity index (χ3v) is 5.47. The molecule has 0 spiro atoms. The second-order valence-electron chi connectivity index (χ2n) is 7.13. The lowest BCUT2D eigenvalue weighted by Gasteiger charge is -2.38. The number of carbonyl (C=O) groups excluding carboxylic acids is 1. The maximum atomic E-state index is 13.7. The first-order valence-electron chi connectivity index (χ1n) is 8.94. The highest BCUT2D eigenvalue weighted by Gasteiger charge is 2.34. The van der Waals surface area contributed by atoms with E-state index in [-0.39, 0.29) is 17.1 Å². The Kier molecular flexibility index (Phi) is 5.31. The maximum absolute atomic E-state index is 13.7. The normalized spacial score (nSPS) is 23.6. The molecule has 1 heterocycles. The molecule has 23 heavy (non-hydrogen) atoms. The molecule has 126 valence electrons. The molecule has 1 aromatic carbocycles. The second-order valence-corrected chi connectivity index (χ2v) is 7.13. The van der Waals surface area contributed by atoms with Gasteiger partial charge in [0, 0.05) is 24.4 Å². The van der Waals surface area contributed by atoms with E-state index in [4.69, 9.17) is 0 Å². The standard InChI is InChI=1S/C19H27FN2O/c20-16-7-4-6-15(12-16)19(9-2-1-3-10-19)14-22-18(23)13-17-8-5-11-21-17/h4,6-7,12,17,21H,1-3,5,8-11,13-14H2,(H,22,23). The van der Waals surface area contributed by atoms with E-state index in [0.717, 1.165) is 50.6 Å². The molecule has 1 amide bonds. The topological polar surface area (TPSA) is 41.1 Å².